The predicted octanol–water partition coefficient (Wildman–Crippen LogP) is 2.53. The van der Waals surface area contributed by atoms with E-state index in [0.717, 1.165) is 11.3 Å². The second kappa shape index (κ2) is 5.23. The summed E-state index contributed by atoms with van der Waals surface area (Å²) in [6, 6.07) is 7.69. The number of hydrogen-bond donors (Lipinski definition) is 0. The molecule has 1 unspecified atom stereocenters. The van der Waals surface area contributed by atoms with Crippen LogP contribution in [0.1, 0.15) is 5.56 Å². The monoisotopic (exact) mass is 252 g/mol. The van der Waals surface area contributed by atoms with Gasteiger partial charge in [0.15, 0.2) is 0 Å². The molecule has 17 heavy (non-hydrogen) atoms. The molecule has 0 amide bonds. The highest BCUT2D eigenvalue weighted by molar-refractivity contribution is 6.29. The zero-order valence-corrected chi connectivity index (χ0v) is 10.1. The normalized spacial score (nSPS) is 17.8. The van der Waals surface area contributed by atoms with E-state index in [-0.39, 0.29) is 18.5 Å². The minimum absolute atomic E-state index is 0.0541. The number of para-hydroxylation sites is 1. The average Bonchev–Trinajstić information content (AvgIpc) is 2.35. The molecule has 1 aliphatic heterocycles. The Morgan fingerprint density at radius 1 is 1.53 bits per heavy atom. The van der Waals surface area contributed by atoms with Crippen molar-refractivity contribution in [2.45, 2.75) is 6.42 Å². The van der Waals surface area contributed by atoms with Crippen molar-refractivity contribution in [1.29, 1.82) is 0 Å². The Balaban J connectivity index is 1.97. The SMILES string of the molecule is C=C(Cl)COC(=O)C1COc2ccccc2C1. The highest BCUT2D eigenvalue weighted by Crippen LogP contribution is 2.27. The van der Waals surface area contributed by atoms with Crippen molar-refractivity contribution in [3.63, 3.8) is 0 Å². The van der Waals surface area contributed by atoms with E-state index in [4.69, 9.17) is 21.1 Å². The Labute approximate surface area is 105 Å². The van der Waals surface area contributed by atoms with Gasteiger partial charge in [-0.2, -0.15) is 0 Å². The van der Waals surface area contributed by atoms with Gasteiger partial charge in [-0.1, -0.05) is 36.4 Å². The molecular formula is C13H13ClO3. The van der Waals surface area contributed by atoms with Crippen molar-refractivity contribution in [3.05, 3.63) is 41.4 Å². The van der Waals surface area contributed by atoms with Crippen LogP contribution < -0.4 is 4.74 Å². The molecule has 90 valence electrons. The number of rotatable bonds is 3. The largest absolute Gasteiger partial charge is 0.492 e. The lowest BCUT2D eigenvalue weighted by Gasteiger charge is -2.23. The van der Waals surface area contributed by atoms with E-state index in [1.165, 1.54) is 0 Å². The molecular weight excluding hydrogens is 240 g/mol. The zero-order valence-electron chi connectivity index (χ0n) is 9.32. The van der Waals surface area contributed by atoms with Crippen LogP contribution in [-0.4, -0.2) is 19.2 Å². The van der Waals surface area contributed by atoms with Crippen LogP contribution in [-0.2, 0) is 16.0 Å². The summed E-state index contributed by atoms with van der Waals surface area (Å²) in [5, 5.41) is 0.315. The summed E-state index contributed by atoms with van der Waals surface area (Å²) < 4.78 is 10.5. The number of hydrogen-bond acceptors (Lipinski definition) is 3. The Morgan fingerprint density at radius 2 is 2.29 bits per heavy atom. The molecule has 0 spiro atoms. The molecule has 1 aromatic carbocycles. The van der Waals surface area contributed by atoms with Crippen molar-refractivity contribution < 1.29 is 14.3 Å². The first-order chi connectivity index (χ1) is 8.16. The van der Waals surface area contributed by atoms with E-state index in [1.54, 1.807) is 0 Å². The van der Waals surface area contributed by atoms with Crippen LogP contribution in [0.4, 0.5) is 0 Å². The summed E-state index contributed by atoms with van der Waals surface area (Å²) >= 11 is 5.54. The van der Waals surface area contributed by atoms with Gasteiger partial charge in [-0.05, 0) is 18.1 Å². The lowest BCUT2D eigenvalue weighted by molar-refractivity contribution is -0.148. The number of carbonyl (C=O) groups excluding carboxylic acids is 1. The molecule has 1 aliphatic rings. The maximum absolute atomic E-state index is 11.7. The lowest BCUT2D eigenvalue weighted by Crippen LogP contribution is -2.29. The van der Waals surface area contributed by atoms with Gasteiger partial charge in [0.1, 0.15) is 19.0 Å². The fraction of sp³-hybridized carbons (Fsp3) is 0.308. The molecule has 4 heteroatoms. The molecule has 1 heterocycles. The van der Waals surface area contributed by atoms with Crippen molar-refractivity contribution in [1.82, 2.24) is 0 Å². The van der Waals surface area contributed by atoms with Crippen molar-refractivity contribution in [2.24, 2.45) is 5.92 Å². The fourth-order valence-corrected chi connectivity index (χ4v) is 1.80. The number of carbonyl (C=O) groups is 1. The molecule has 0 saturated heterocycles. The van der Waals surface area contributed by atoms with Crippen LogP contribution in [0.5, 0.6) is 5.75 Å². The summed E-state index contributed by atoms with van der Waals surface area (Å²) in [4.78, 5) is 11.7. The van der Waals surface area contributed by atoms with E-state index in [0.29, 0.717) is 18.1 Å². The van der Waals surface area contributed by atoms with E-state index >= 15 is 0 Å². The number of ether oxygens (including phenoxy) is 2. The summed E-state index contributed by atoms with van der Waals surface area (Å²) in [7, 11) is 0. The van der Waals surface area contributed by atoms with Gasteiger partial charge >= 0.3 is 5.97 Å². The van der Waals surface area contributed by atoms with Gasteiger partial charge in [0, 0.05) is 5.03 Å². The van der Waals surface area contributed by atoms with Gasteiger partial charge < -0.3 is 9.47 Å². The molecule has 0 fully saturated rings. The molecule has 1 aromatic rings. The summed E-state index contributed by atoms with van der Waals surface area (Å²) in [6.45, 7) is 3.87. The van der Waals surface area contributed by atoms with Crippen molar-refractivity contribution in [2.75, 3.05) is 13.2 Å². The van der Waals surface area contributed by atoms with Crippen LogP contribution in [0.25, 0.3) is 0 Å². The molecule has 0 aliphatic carbocycles. The Hall–Kier alpha value is -1.48. The predicted molar refractivity (Wildman–Crippen MR) is 65.1 cm³/mol. The van der Waals surface area contributed by atoms with Gasteiger partial charge in [-0.3, -0.25) is 4.79 Å². The maximum Gasteiger partial charge on any atom is 0.313 e. The first-order valence-electron chi connectivity index (χ1n) is 5.37. The van der Waals surface area contributed by atoms with Crippen LogP contribution in [0.2, 0.25) is 0 Å². The van der Waals surface area contributed by atoms with Crippen LogP contribution in [0.3, 0.4) is 0 Å². The minimum Gasteiger partial charge on any atom is -0.492 e. The third kappa shape index (κ3) is 3.01. The summed E-state index contributed by atoms with van der Waals surface area (Å²) in [6.07, 6.45) is 0.643. The van der Waals surface area contributed by atoms with Crippen LogP contribution in [0, 0.1) is 5.92 Å². The van der Waals surface area contributed by atoms with Gasteiger partial charge in [0.25, 0.3) is 0 Å². The second-order valence-electron chi connectivity index (χ2n) is 3.94. The lowest BCUT2D eigenvalue weighted by atomic mass is 9.97. The molecule has 0 bridgehead atoms. The van der Waals surface area contributed by atoms with E-state index in [9.17, 15) is 4.79 Å². The van der Waals surface area contributed by atoms with E-state index in [2.05, 4.69) is 6.58 Å². The molecule has 3 nitrogen and oxygen atoms in total. The van der Waals surface area contributed by atoms with Gasteiger partial charge in [0.2, 0.25) is 0 Å². The Bertz CT molecular complexity index is 442. The third-order valence-electron chi connectivity index (χ3n) is 2.58. The van der Waals surface area contributed by atoms with Gasteiger partial charge in [-0.15, -0.1) is 0 Å². The van der Waals surface area contributed by atoms with Gasteiger partial charge in [0.05, 0.1) is 5.92 Å². The Morgan fingerprint density at radius 3 is 3.06 bits per heavy atom. The minimum atomic E-state index is -0.290. The van der Waals surface area contributed by atoms with Gasteiger partial charge in [-0.25, -0.2) is 0 Å². The topological polar surface area (TPSA) is 35.5 Å². The maximum atomic E-state index is 11.7. The molecule has 2 rings (SSSR count). The number of esters is 1. The smallest absolute Gasteiger partial charge is 0.313 e. The number of fused-ring (bicyclic) bond motifs is 1. The third-order valence-corrected chi connectivity index (χ3v) is 2.69. The van der Waals surface area contributed by atoms with Crippen molar-refractivity contribution in [3.8, 4) is 5.75 Å². The quantitative estimate of drug-likeness (QED) is 0.776. The Kier molecular flexibility index (Phi) is 3.69. The molecule has 1 atom stereocenters. The highest BCUT2D eigenvalue weighted by Gasteiger charge is 2.26. The number of halogens is 1. The van der Waals surface area contributed by atoms with Crippen LogP contribution in [0.15, 0.2) is 35.9 Å². The fourth-order valence-electron chi connectivity index (χ4n) is 1.75. The number of benzene rings is 1. The van der Waals surface area contributed by atoms with E-state index in [1.807, 2.05) is 24.3 Å². The van der Waals surface area contributed by atoms with E-state index < -0.39 is 0 Å². The average molecular weight is 253 g/mol. The second-order valence-corrected chi connectivity index (χ2v) is 4.48. The first kappa shape index (κ1) is 12.0. The standard InChI is InChI=1S/C13H13ClO3/c1-9(14)7-17-13(15)11-6-10-4-2-3-5-12(10)16-8-11/h2-5,11H,1,6-8H2. The molecule has 0 N–H and O–H groups in total. The van der Waals surface area contributed by atoms with Crippen LogP contribution >= 0.6 is 11.6 Å². The zero-order chi connectivity index (χ0) is 12.3. The highest BCUT2D eigenvalue weighted by atomic mass is 35.5. The molecule has 0 aromatic heterocycles. The summed E-state index contributed by atoms with van der Waals surface area (Å²) in [5.41, 5.74) is 1.03. The van der Waals surface area contributed by atoms with Crippen molar-refractivity contribution >= 4 is 17.6 Å². The summed E-state index contributed by atoms with van der Waals surface area (Å²) in [5.74, 6) is 0.292. The first-order valence-corrected chi connectivity index (χ1v) is 5.75. The molecule has 0 radical (unpaired) electrons. The molecule has 0 saturated carbocycles.